The Morgan fingerprint density at radius 2 is 1.54 bits per heavy atom. The number of para-hydroxylation sites is 1. The molecule has 11 heteroatoms. The number of halogens is 6. The lowest BCUT2D eigenvalue weighted by atomic mass is 10.3. The summed E-state index contributed by atoms with van der Waals surface area (Å²) in [6.45, 7) is 2.80. The molecule has 26 heavy (non-hydrogen) atoms. The normalized spacial score (nSPS) is 16.3. The van der Waals surface area contributed by atoms with Gasteiger partial charge in [0.25, 0.3) is 0 Å². The van der Waals surface area contributed by atoms with Crippen molar-refractivity contribution in [3.63, 3.8) is 0 Å². The van der Waals surface area contributed by atoms with Gasteiger partial charge < -0.3 is 4.90 Å². The minimum Gasteiger partial charge on any atom is -0.335 e. The molecule has 4 nitrogen and oxygen atoms in total. The van der Waals surface area contributed by atoms with Crippen LogP contribution in [0, 0.1) is 0 Å². The van der Waals surface area contributed by atoms with Gasteiger partial charge in [-0.3, -0.25) is 0 Å². The Morgan fingerprint density at radius 1 is 0.962 bits per heavy atom. The van der Waals surface area contributed by atoms with Gasteiger partial charge in [-0.15, -0.1) is 0 Å². The Morgan fingerprint density at radius 3 is 2.08 bits per heavy atom. The summed E-state index contributed by atoms with van der Waals surface area (Å²) in [6.07, 6.45) is 1.75. The fraction of sp³-hybridized carbons (Fsp3) is 0.267. The van der Waals surface area contributed by atoms with Crippen LogP contribution in [0.5, 0.6) is 0 Å². The standard InChI is InChI=1S/C15H10Cl6N4S/c1-2-25-8-5-3-4-6-9(8)26-11(25)7-10-22-12(14(16,17)18)24-13(23-10)15(19,20)21/h3-7H,2H2,1H3/b11-7+. The zero-order chi connectivity index (χ0) is 19.1. The fourth-order valence-electron chi connectivity index (χ4n) is 2.31. The van der Waals surface area contributed by atoms with Crippen molar-refractivity contribution in [1.82, 2.24) is 15.0 Å². The lowest BCUT2D eigenvalue weighted by molar-refractivity contribution is 0.834. The topological polar surface area (TPSA) is 41.9 Å². The van der Waals surface area contributed by atoms with E-state index in [9.17, 15) is 0 Å². The third kappa shape index (κ3) is 4.46. The Kier molecular flexibility index (Phi) is 6.10. The highest BCUT2D eigenvalue weighted by Gasteiger charge is 2.34. The summed E-state index contributed by atoms with van der Waals surface area (Å²) in [7, 11) is 0. The van der Waals surface area contributed by atoms with Gasteiger partial charge in [0.1, 0.15) is 0 Å². The maximum atomic E-state index is 5.91. The monoisotopic (exact) mass is 488 g/mol. The maximum Gasteiger partial charge on any atom is 0.250 e. The Labute approximate surface area is 184 Å². The van der Waals surface area contributed by atoms with Crippen molar-refractivity contribution >= 4 is 93.1 Å². The largest absolute Gasteiger partial charge is 0.335 e. The van der Waals surface area contributed by atoms with E-state index in [1.165, 1.54) is 0 Å². The van der Waals surface area contributed by atoms with Gasteiger partial charge >= 0.3 is 0 Å². The highest BCUT2D eigenvalue weighted by Crippen LogP contribution is 2.46. The van der Waals surface area contributed by atoms with Gasteiger partial charge in [0.05, 0.1) is 10.7 Å². The summed E-state index contributed by atoms with van der Waals surface area (Å²) in [5, 5.41) is 0.908. The highest BCUT2D eigenvalue weighted by atomic mass is 35.6. The van der Waals surface area contributed by atoms with Crippen LogP contribution in [0.2, 0.25) is 0 Å². The Bertz CT molecular complexity index is 830. The number of fused-ring (bicyclic) bond motifs is 1. The smallest absolute Gasteiger partial charge is 0.250 e. The number of aromatic nitrogens is 3. The molecule has 1 aliphatic rings. The third-order valence-corrected chi connectivity index (χ3v) is 5.49. The first-order valence-electron chi connectivity index (χ1n) is 7.26. The fourth-order valence-corrected chi connectivity index (χ4v) is 3.97. The quantitative estimate of drug-likeness (QED) is 0.452. The molecule has 0 aliphatic carbocycles. The van der Waals surface area contributed by atoms with E-state index in [2.05, 4.69) is 19.9 Å². The van der Waals surface area contributed by atoms with Crippen molar-refractivity contribution in [3.05, 3.63) is 46.8 Å². The molecule has 0 spiro atoms. The summed E-state index contributed by atoms with van der Waals surface area (Å²) in [6, 6.07) is 8.04. The van der Waals surface area contributed by atoms with Crippen LogP contribution >= 0.6 is 81.4 Å². The van der Waals surface area contributed by atoms with Crippen molar-refractivity contribution in [2.45, 2.75) is 19.4 Å². The zero-order valence-electron chi connectivity index (χ0n) is 13.1. The summed E-state index contributed by atoms with van der Waals surface area (Å²) < 4.78 is -3.76. The van der Waals surface area contributed by atoms with Gasteiger partial charge in [0.15, 0.2) is 17.5 Å². The molecule has 2 aromatic rings. The first-order valence-corrected chi connectivity index (χ1v) is 10.3. The van der Waals surface area contributed by atoms with Crippen LogP contribution in [0.15, 0.2) is 34.2 Å². The first-order chi connectivity index (χ1) is 12.1. The number of rotatable bonds is 2. The number of anilines is 1. The van der Waals surface area contributed by atoms with Gasteiger partial charge in [-0.2, -0.15) is 0 Å². The predicted octanol–water partition coefficient (Wildman–Crippen LogP) is 6.46. The molecular weight excluding hydrogens is 481 g/mol. The van der Waals surface area contributed by atoms with E-state index in [0.29, 0.717) is 0 Å². The van der Waals surface area contributed by atoms with Gasteiger partial charge in [-0.1, -0.05) is 93.5 Å². The number of thioether (sulfide) groups is 1. The van der Waals surface area contributed by atoms with Crippen molar-refractivity contribution in [2.75, 3.05) is 11.4 Å². The molecule has 1 aromatic heterocycles. The molecular formula is C15H10Cl6N4S. The molecule has 2 heterocycles. The van der Waals surface area contributed by atoms with Crippen LogP contribution in [-0.4, -0.2) is 21.5 Å². The van der Waals surface area contributed by atoms with Gasteiger partial charge in [0, 0.05) is 17.5 Å². The van der Waals surface area contributed by atoms with E-state index in [1.54, 1.807) is 17.8 Å². The molecule has 1 aliphatic heterocycles. The van der Waals surface area contributed by atoms with E-state index in [0.717, 1.165) is 22.2 Å². The third-order valence-electron chi connectivity index (χ3n) is 3.37. The average Bonchev–Trinajstić information content (AvgIpc) is 2.89. The number of hydrogen-bond acceptors (Lipinski definition) is 5. The predicted molar refractivity (Wildman–Crippen MR) is 112 cm³/mol. The van der Waals surface area contributed by atoms with E-state index in [-0.39, 0.29) is 17.5 Å². The second kappa shape index (κ2) is 7.70. The number of benzene rings is 1. The van der Waals surface area contributed by atoms with E-state index < -0.39 is 7.59 Å². The minimum atomic E-state index is -1.88. The summed E-state index contributed by atoms with van der Waals surface area (Å²) in [5.74, 6) is -0.000115. The average molecular weight is 491 g/mol. The summed E-state index contributed by atoms with van der Waals surface area (Å²) >= 11 is 37.0. The van der Waals surface area contributed by atoms with Gasteiger partial charge in [0.2, 0.25) is 7.59 Å². The van der Waals surface area contributed by atoms with E-state index in [1.807, 2.05) is 31.2 Å². The van der Waals surface area contributed by atoms with Crippen LogP contribution < -0.4 is 4.90 Å². The lowest BCUT2D eigenvalue weighted by Crippen LogP contribution is -2.19. The number of alkyl halides is 6. The Hall–Kier alpha value is -0.140. The van der Waals surface area contributed by atoms with E-state index in [4.69, 9.17) is 69.6 Å². The maximum absolute atomic E-state index is 5.91. The zero-order valence-corrected chi connectivity index (χ0v) is 18.4. The highest BCUT2D eigenvalue weighted by molar-refractivity contribution is 8.03. The van der Waals surface area contributed by atoms with Crippen LogP contribution in [-0.2, 0) is 7.59 Å². The Balaban J connectivity index is 2.08. The molecule has 0 bridgehead atoms. The van der Waals surface area contributed by atoms with Gasteiger partial charge in [-0.25, -0.2) is 15.0 Å². The molecule has 3 rings (SSSR count). The molecule has 138 valence electrons. The molecule has 0 amide bonds. The van der Waals surface area contributed by atoms with Crippen LogP contribution in [0.4, 0.5) is 5.69 Å². The SMILES string of the molecule is CCN1/C(=C\c2nc(C(Cl)(Cl)Cl)nc(C(Cl)(Cl)Cl)n2)Sc2ccccc21. The molecule has 0 saturated heterocycles. The molecule has 0 atom stereocenters. The minimum absolute atomic E-state index is 0.116. The van der Waals surface area contributed by atoms with Crippen LogP contribution in [0.3, 0.4) is 0 Å². The molecule has 0 unspecified atom stereocenters. The molecule has 0 radical (unpaired) electrons. The van der Waals surface area contributed by atoms with Gasteiger partial charge in [-0.05, 0) is 19.1 Å². The van der Waals surface area contributed by atoms with Crippen molar-refractivity contribution in [3.8, 4) is 0 Å². The van der Waals surface area contributed by atoms with Crippen LogP contribution in [0.1, 0.15) is 24.4 Å². The van der Waals surface area contributed by atoms with Crippen molar-refractivity contribution in [1.29, 1.82) is 0 Å². The molecule has 0 N–H and O–H groups in total. The second-order valence-electron chi connectivity index (χ2n) is 5.13. The number of nitrogens with zero attached hydrogens (tertiary/aromatic N) is 4. The van der Waals surface area contributed by atoms with Crippen LogP contribution in [0.25, 0.3) is 6.08 Å². The second-order valence-corrected chi connectivity index (χ2v) is 10.8. The van der Waals surface area contributed by atoms with Crippen molar-refractivity contribution in [2.24, 2.45) is 0 Å². The lowest BCUT2D eigenvalue weighted by Gasteiger charge is -2.18. The molecule has 0 saturated carbocycles. The first kappa shape index (κ1) is 20.6. The van der Waals surface area contributed by atoms with Crippen molar-refractivity contribution < 1.29 is 0 Å². The molecule has 0 fully saturated rings. The summed E-state index contributed by atoms with van der Waals surface area (Å²) in [4.78, 5) is 15.6. The number of hydrogen-bond donors (Lipinski definition) is 0. The summed E-state index contributed by atoms with van der Waals surface area (Å²) in [5.41, 5.74) is 1.10. The van der Waals surface area contributed by atoms with E-state index >= 15 is 0 Å². The molecule has 1 aromatic carbocycles.